The number of aryl methyl sites for hydroxylation is 1. The fourth-order valence-corrected chi connectivity index (χ4v) is 4.60. The van der Waals surface area contributed by atoms with Gasteiger partial charge in [0.05, 0.1) is 32.2 Å². The van der Waals surface area contributed by atoms with E-state index in [-0.39, 0.29) is 24.3 Å². The quantitative estimate of drug-likeness (QED) is 0.680. The van der Waals surface area contributed by atoms with Crippen LogP contribution in [0.1, 0.15) is 47.5 Å². The lowest BCUT2D eigenvalue weighted by Gasteiger charge is -2.22. The Morgan fingerprint density at radius 1 is 1.19 bits per heavy atom. The molecular formula is C19H28N2O5S. The van der Waals surface area contributed by atoms with Crippen LogP contribution in [-0.2, 0) is 31.9 Å². The SMILES string of the molecule is CCN(CC(=O)Nc1sc2c(c1C(=O)OC)CCCC2)CC(C)C(=O)OC. The molecule has 0 bridgehead atoms. The van der Waals surface area contributed by atoms with Crippen LogP contribution in [0.2, 0.25) is 0 Å². The highest BCUT2D eigenvalue weighted by Gasteiger charge is 2.27. The second-order valence-electron chi connectivity index (χ2n) is 6.71. The Balaban J connectivity index is 2.09. The average molecular weight is 397 g/mol. The van der Waals surface area contributed by atoms with Crippen molar-refractivity contribution in [1.82, 2.24) is 4.90 Å². The molecule has 27 heavy (non-hydrogen) atoms. The van der Waals surface area contributed by atoms with E-state index < -0.39 is 5.97 Å². The Hall–Kier alpha value is -1.93. The number of fused-ring (bicyclic) bond motifs is 1. The predicted molar refractivity (Wildman–Crippen MR) is 104 cm³/mol. The number of methoxy groups -OCH3 is 2. The van der Waals surface area contributed by atoms with E-state index in [1.54, 1.807) is 6.92 Å². The molecule has 1 atom stereocenters. The molecule has 0 fully saturated rings. The first-order valence-corrected chi connectivity index (χ1v) is 10.1. The van der Waals surface area contributed by atoms with Crippen molar-refractivity contribution in [1.29, 1.82) is 0 Å². The normalized spacial score (nSPS) is 14.4. The van der Waals surface area contributed by atoms with Crippen LogP contribution >= 0.6 is 11.3 Å². The minimum atomic E-state index is -0.406. The summed E-state index contributed by atoms with van der Waals surface area (Å²) in [5, 5.41) is 3.45. The highest BCUT2D eigenvalue weighted by Crippen LogP contribution is 2.38. The third kappa shape index (κ3) is 5.29. The van der Waals surface area contributed by atoms with Gasteiger partial charge in [-0.05, 0) is 37.8 Å². The number of likely N-dealkylation sites (N-methyl/N-ethyl adjacent to an activating group) is 1. The van der Waals surface area contributed by atoms with Crippen molar-refractivity contribution in [3.8, 4) is 0 Å². The maximum absolute atomic E-state index is 12.6. The molecule has 0 saturated heterocycles. The van der Waals surface area contributed by atoms with Crippen molar-refractivity contribution in [3.05, 3.63) is 16.0 Å². The summed E-state index contributed by atoms with van der Waals surface area (Å²) in [5.41, 5.74) is 1.51. The summed E-state index contributed by atoms with van der Waals surface area (Å²) in [6.45, 7) is 4.90. The summed E-state index contributed by atoms with van der Waals surface area (Å²) >= 11 is 1.47. The molecule has 0 aromatic carbocycles. The number of anilines is 1. The van der Waals surface area contributed by atoms with E-state index in [1.165, 1.54) is 25.6 Å². The van der Waals surface area contributed by atoms with Crippen LogP contribution in [-0.4, -0.2) is 56.6 Å². The van der Waals surface area contributed by atoms with E-state index in [4.69, 9.17) is 9.47 Å². The molecule has 1 heterocycles. The van der Waals surface area contributed by atoms with Crippen molar-refractivity contribution in [3.63, 3.8) is 0 Å². The largest absolute Gasteiger partial charge is 0.469 e. The van der Waals surface area contributed by atoms with Crippen LogP contribution in [0.5, 0.6) is 0 Å². The summed E-state index contributed by atoms with van der Waals surface area (Å²) in [7, 11) is 2.71. The highest BCUT2D eigenvalue weighted by atomic mass is 32.1. The minimum absolute atomic E-state index is 0.140. The molecule has 1 aliphatic carbocycles. The van der Waals surface area contributed by atoms with Gasteiger partial charge in [-0.3, -0.25) is 14.5 Å². The molecule has 1 unspecified atom stereocenters. The predicted octanol–water partition coefficient (Wildman–Crippen LogP) is 2.48. The number of amides is 1. The van der Waals surface area contributed by atoms with Gasteiger partial charge in [0.25, 0.3) is 0 Å². The van der Waals surface area contributed by atoms with Crippen molar-refractivity contribution in [2.45, 2.75) is 39.5 Å². The summed E-state index contributed by atoms with van der Waals surface area (Å²) in [5.74, 6) is -1.23. The lowest BCUT2D eigenvalue weighted by atomic mass is 9.95. The Kier molecular flexibility index (Phi) is 7.79. The molecule has 1 aromatic heterocycles. The standard InChI is InChI=1S/C19H28N2O5S/c1-5-21(10-12(2)18(23)25-3)11-15(22)20-17-16(19(24)26-4)13-8-6-7-9-14(13)27-17/h12H,5-11H2,1-4H3,(H,20,22). The van der Waals surface area contributed by atoms with Gasteiger partial charge in [-0.1, -0.05) is 13.8 Å². The van der Waals surface area contributed by atoms with Crippen LogP contribution < -0.4 is 5.32 Å². The Morgan fingerprint density at radius 3 is 2.52 bits per heavy atom. The van der Waals surface area contributed by atoms with E-state index in [0.29, 0.717) is 23.7 Å². The Bertz CT molecular complexity index is 701. The van der Waals surface area contributed by atoms with Crippen molar-refractivity contribution in [2.24, 2.45) is 5.92 Å². The number of esters is 2. The second-order valence-corrected chi connectivity index (χ2v) is 7.81. The zero-order valence-corrected chi connectivity index (χ0v) is 17.2. The summed E-state index contributed by atoms with van der Waals surface area (Å²) in [6, 6.07) is 0. The first-order valence-electron chi connectivity index (χ1n) is 9.24. The number of hydrogen-bond acceptors (Lipinski definition) is 7. The van der Waals surface area contributed by atoms with Crippen molar-refractivity contribution >= 4 is 34.2 Å². The number of nitrogens with zero attached hydrogens (tertiary/aromatic N) is 1. The fraction of sp³-hybridized carbons (Fsp3) is 0.632. The van der Waals surface area contributed by atoms with Gasteiger partial charge in [0.1, 0.15) is 5.00 Å². The van der Waals surface area contributed by atoms with Crippen LogP contribution in [0.15, 0.2) is 0 Å². The number of hydrogen-bond donors (Lipinski definition) is 1. The lowest BCUT2D eigenvalue weighted by Crippen LogP contribution is -2.38. The fourth-order valence-electron chi connectivity index (χ4n) is 3.31. The van der Waals surface area contributed by atoms with E-state index in [2.05, 4.69) is 5.32 Å². The van der Waals surface area contributed by atoms with Gasteiger partial charge in [-0.25, -0.2) is 4.79 Å². The smallest absolute Gasteiger partial charge is 0.341 e. The van der Waals surface area contributed by atoms with Gasteiger partial charge in [-0.2, -0.15) is 0 Å². The van der Waals surface area contributed by atoms with Gasteiger partial charge >= 0.3 is 11.9 Å². The topological polar surface area (TPSA) is 84.9 Å². The monoisotopic (exact) mass is 396 g/mol. The number of rotatable bonds is 8. The molecule has 0 radical (unpaired) electrons. The number of carbonyl (C=O) groups excluding carboxylic acids is 3. The average Bonchev–Trinajstić information content (AvgIpc) is 3.03. The summed E-state index contributed by atoms with van der Waals surface area (Å²) in [4.78, 5) is 39.5. The van der Waals surface area contributed by atoms with Crippen molar-refractivity contribution < 1.29 is 23.9 Å². The minimum Gasteiger partial charge on any atom is -0.469 e. The van der Waals surface area contributed by atoms with E-state index in [0.717, 1.165) is 36.1 Å². The number of carbonyl (C=O) groups is 3. The second kappa shape index (κ2) is 9.85. The molecule has 1 N–H and O–H groups in total. The molecule has 1 amide bonds. The molecular weight excluding hydrogens is 368 g/mol. The molecule has 7 nitrogen and oxygen atoms in total. The molecule has 2 rings (SSSR count). The van der Waals surface area contributed by atoms with Gasteiger partial charge in [-0.15, -0.1) is 11.3 Å². The van der Waals surface area contributed by atoms with Gasteiger partial charge < -0.3 is 14.8 Å². The van der Waals surface area contributed by atoms with Crippen molar-refractivity contribution in [2.75, 3.05) is 39.2 Å². The highest BCUT2D eigenvalue weighted by molar-refractivity contribution is 7.17. The molecule has 1 aromatic rings. The number of nitrogens with one attached hydrogen (secondary N) is 1. The third-order valence-corrected chi connectivity index (χ3v) is 5.97. The van der Waals surface area contributed by atoms with E-state index in [9.17, 15) is 14.4 Å². The van der Waals surface area contributed by atoms with Crippen LogP contribution in [0, 0.1) is 5.92 Å². The Labute approximate surface area is 164 Å². The molecule has 150 valence electrons. The van der Waals surface area contributed by atoms with Gasteiger partial charge in [0, 0.05) is 11.4 Å². The van der Waals surface area contributed by atoms with Gasteiger partial charge in [0.15, 0.2) is 0 Å². The zero-order chi connectivity index (χ0) is 20.0. The molecule has 0 spiro atoms. The molecule has 1 aliphatic rings. The maximum Gasteiger partial charge on any atom is 0.341 e. The van der Waals surface area contributed by atoms with Crippen LogP contribution in [0.4, 0.5) is 5.00 Å². The first kappa shape index (κ1) is 21.4. The molecule has 8 heteroatoms. The lowest BCUT2D eigenvalue weighted by molar-refractivity contribution is -0.145. The van der Waals surface area contributed by atoms with E-state index in [1.807, 2.05) is 11.8 Å². The molecule has 0 aliphatic heterocycles. The molecule has 0 saturated carbocycles. The van der Waals surface area contributed by atoms with Gasteiger partial charge in [0.2, 0.25) is 5.91 Å². The summed E-state index contributed by atoms with van der Waals surface area (Å²) < 4.78 is 9.67. The number of thiophene rings is 1. The zero-order valence-electron chi connectivity index (χ0n) is 16.4. The van der Waals surface area contributed by atoms with E-state index >= 15 is 0 Å². The third-order valence-electron chi connectivity index (χ3n) is 4.76. The first-order chi connectivity index (χ1) is 12.9. The van der Waals surface area contributed by atoms with Crippen LogP contribution in [0.25, 0.3) is 0 Å². The number of ether oxygens (including phenoxy) is 2. The Morgan fingerprint density at radius 2 is 1.89 bits per heavy atom. The summed E-state index contributed by atoms with van der Waals surface area (Å²) in [6.07, 6.45) is 3.90. The maximum atomic E-state index is 12.6. The van der Waals surface area contributed by atoms with Crippen LogP contribution in [0.3, 0.4) is 0 Å².